The van der Waals surface area contributed by atoms with Crippen molar-refractivity contribution in [1.82, 2.24) is 24.7 Å². The lowest BCUT2D eigenvalue weighted by Gasteiger charge is -2.38. The molecule has 2 aliphatic heterocycles. The van der Waals surface area contributed by atoms with Crippen molar-refractivity contribution in [2.24, 2.45) is 0 Å². The van der Waals surface area contributed by atoms with Gasteiger partial charge in [0.15, 0.2) is 0 Å². The first-order valence-electron chi connectivity index (χ1n) is 10.9. The van der Waals surface area contributed by atoms with E-state index in [1.54, 1.807) is 18.5 Å². The minimum atomic E-state index is 0.160. The second-order valence-electron chi connectivity index (χ2n) is 8.18. The number of carbonyl (C=O) groups excluding carboxylic acids is 2. The third kappa shape index (κ3) is 5.38. The number of benzene rings is 1. The SMILES string of the molecule is Cc1ccccc1CC(=O)N1CCN(CC(=O)N2CCN(c3ncccn3)CC2)CC1. The Morgan fingerprint density at radius 2 is 1.42 bits per heavy atom. The number of hydrogen-bond acceptors (Lipinski definition) is 6. The fourth-order valence-electron chi connectivity index (χ4n) is 4.14. The van der Waals surface area contributed by atoms with Crippen LogP contribution in [0.4, 0.5) is 5.95 Å². The minimum Gasteiger partial charge on any atom is -0.340 e. The zero-order valence-corrected chi connectivity index (χ0v) is 18.1. The zero-order chi connectivity index (χ0) is 21.6. The van der Waals surface area contributed by atoms with Crippen LogP contribution < -0.4 is 4.90 Å². The maximum absolute atomic E-state index is 12.8. The quantitative estimate of drug-likeness (QED) is 0.711. The largest absolute Gasteiger partial charge is 0.340 e. The van der Waals surface area contributed by atoms with Crippen molar-refractivity contribution in [3.8, 4) is 0 Å². The van der Waals surface area contributed by atoms with Crippen LogP contribution in [0.1, 0.15) is 11.1 Å². The summed E-state index contributed by atoms with van der Waals surface area (Å²) in [5.41, 5.74) is 2.24. The summed E-state index contributed by atoms with van der Waals surface area (Å²) in [7, 11) is 0. The van der Waals surface area contributed by atoms with E-state index in [1.807, 2.05) is 41.0 Å². The third-order valence-corrected chi connectivity index (χ3v) is 6.15. The number of aromatic nitrogens is 2. The van der Waals surface area contributed by atoms with E-state index in [-0.39, 0.29) is 11.8 Å². The molecule has 1 aromatic carbocycles. The highest BCUT2D eigenvalue weighted by Gasteiger charge is 2.26. The summed E-state index contributed by atoms with van der Waals surface area (Å²) < 4.78 is 0. The van der Waals surface area contributed by atoms with Crippen LogP contribution in [0.5, 0.6) is 0 Å². The van der Waals surface area contributed by atoms with Crippen molar-refractivity contribution in [3.63, 3.8) is 0 Å². The van der Waals surface area contributed by atoms with E-state index >= 15 is 0 Å². The molecule has 4 rings (SSSR count). The number of hydrogen-bond donors (Lipinski definition) is 0. The Balaban J connectivity index is 1.20. The van der Waals surface area contributed by atoms with Crippen molar-refractivity contribution >= 4 is 17.8 Å². The molecule has 0 aliphatic carbocycles. The molecule has 0 saturated carbocycles. The van der Waals surface area contributed by atoms with E-state index in [0.29, 0.717) is 39.1 Å². The lowest BCUT2D eigenvalue weighted by atomic mass is 10.1. The number of carbonyl (C=O) groups is 2. The monoisotopic (exact) mass is 422 g/mol. The maximum atomic E-state index is 12.8. The second-order valence-corrected chi connectivity index (χ2v) is 8.18. The van der Waals surface area contributed by atoms with Gasteiger partial charge in [0.05, 0.1) is 13.0 Å². The molecule has 3 heterocycles. The Bertz CT molecular complexity index is 890. The van der Waals surface area contributed by atoms with Crippen LogP contribution in [0.2, 0.25) is 0 Å². The molecule has 1 aromatic heterocycles. The van der Waals surface area contributed by atoms with Gasteiger partial charge in [-0.3, -0.25) is 14.5 Å². The van der Waals surface area contributed by atoms with Crippen LogP contribution in [0.25, 0.3) is 0 Å². The number of amides is 2. The molecule has 0 N–H and O–H groups in total. The molecule has 8 nitrogen and oxygen atoms in total. The molecule has 8 heteroatoms. The highest BCUT2D eigenvalue weighted by molar-refractivity contribution is 5.80. The summed E-state index contributed by atoms with van der Waals surface area (Å²) in [6.45, 7) is 8.16. The molecule has 2 aliphatic rings. The molecule has 0 atom stereocenters. The summed E-state index contributed by atoms with van der Waals surface area (Å²) in [4.78, 5) is 42.1. The van der Waals surface area contributed by atoms with Crippen LogP contribution >= 0.6 is 0 Å². The summed E-state index contributed by atoms with van der Waals surface area (Å²) in [5, 5.41) is 0. The maximum Gasteiger partial charge on any atom is 0.236 e. The van der Waals surface area contributed by atoms with E-state index in [0.717, 1.165) is 43.3 Å². The molecular weight excluding hydrogens is 392 g/mol. The van der Waals surface area contributed by atoms with Gasteiger partial charge in [0.1, 0.15) is 0 Å². The topological polar surface area (TPSA) is 72.9 Å². The first kappa shape index (κ1) is 21.2. The number of anilines is 1. The van der Waals surface area contributed by atoms with E-state index in [1.165, 1.54) is 0 Å². The zero-order valence-electron chi connectivity index (χ0n) is 18.1. The Morgan fingerprint density at radius 3 is 2.10 bits per heavy atom. The summed E-state index contributed by atoms with van der Waals surface area (Å²) >= 11 is 0. The van der Waals surface area contributed by atoms with Gasteiger partial charge in [-0.2, -0.15) is 0 Å². The molecule has 164 valence electrons. The normalized spacial score (nSPS) is 17.6. The average Bonchev–Trinajstić information content (AvgIpc) is 2.81. The van der Waals surface area contributed by atoms with Crippen LogP contribution in [-0.4, -0.2) is 95.4 Å². The van der Waals surface area contributed by atoms with Crippen molar-refractivity contribution in [2.75, 3.05) is 63.8 Å². The lowest BCUT2D eigenvalue weighted by Crippen LogP contribution is -2.54. The Kier molecular flexibility index (Phi) is 6.76. The van der Waals surface area contributed by atoms with Gasteiger partial charge in [-0.15, -0.1) is 0 Å². The van der Waals surface area contributed by atoms with Crippen LogP contribution in [0.15, 0.2) is 42.7 Å². The van der Waals surface area contributed by atoms with Crippen molar-refractivity contribution in [1.29, 1.82) is 0 Å². The number of piperazine rings is 2. The first-order chi connectivity index (χ1) is 15.1. The molecule has 2 saturated heterocycles. The van der Waals surface area contributed by atoms with Gasteiger partial charge in [0.2, 0.25) is 17.8 Å². The summed E-state index contributed by atoms with van der Waals surface area (Å²) in [5.74, 6) is 1.05. The van der Waals surface area contributed by atoms with E-state index in [2.05, 4.69) is 19.8 Å². The first-order valence-corrected chi connectivity index (χ1v) is 10.9. The van der Waals surface area contributed by atoms with Gasteiger partial charge >= 0.3 is 0 Å². The molecule has 2 amide bonds. The van der Waals surface area contributed by atoms with Crippen molar-refractivity contribution in [2.45, 2.75) is 13.3 Å². The molecule has 0 bridgehead atoms. The highest BCUT2D eigenvalue weighted by atomic mass is 16.2. The van der Waals surface area contributed by atoms with Crippen molar-refractivity contribution in [3.05, 3.63) is 53.9 Å². The molecule has 0 radical (unpaired) electrons. The van der Waals surface area contributed by atoms with Crippen LogP contribution in [0.3, 0.4) is 0 Å². The Hall–Kier alpha value is -3.00. The van der Waals surface area contributed by atoms with Gasteiger partial charge < -0.3 is 14.7 Å². The smallest absolute Gasteiger partial charge is 0.236 e. The number of nitrogens with zero attached hydrogens (tertiary/aromatic N) is 6. The van der Waals surface area contributed by atoms with Gasteiger partial charge in [-0.25, -0.2) is 9.97 Å². The van der Waals surface area contributed by atoms with Gasteiger partial charge in [0.25, 0.3) is 0 Å². The molecule has 0 unspecified atom stereocenters. The second kappa shape index (κ2) is 9.87. The summed E-state index contributed by atoms with van der Waals surface area (Å²) in [6.07, 6.45) is 3.93. The van der Waals surface area contributed by atoms with Gasteiger partial charge in [0, 0.05) is 64.8 Å². The number of rotatable bonds is 5. The Labute approximate surface area is 183 Å². The average molecular weight is 423 g/mol. The fourth-order valence-corrected chi connectivity index (χ4v) is 4.14. The van der Waals surface area contributed by atoms with E-state index in [9.17, 15) is 9.59 Å². The minimum absolute atomic E-state index is 0.160. The van der Waals surface area contributed by atoms with Crippen molar-refractivity contribution < 1.29 is 9.59 Å². The molecule has 2 fully saturated rings. The summed E-state index contributed by atoms with van der Waals surface area (Å²) in [6, 6.07) is 9.84. The number of aryl methyl sites for hydroxylation is 1. The highest BCUT2D eigenvalue weighted by Crippen LogP contribution is 2.13. The van der Waals surface area contributed by atoms with E-state index in [4.69, 9.17) is 0 Å². The van der Waals surface area contributed by atoms with E-state index < -0.39 is 0 Å². The predicted molar refractivity (Wildman–Crippen MR) is 119 cm³/mol. The fraction of sp³-hybridized carbons (Fsp3) is 0.478. The molecule has 31 heavy (non-hydrogen) atoms. The molecule has 2 aromatic rings. The molecular formula is C23H30N6O2. The van der Waals surface area contributed by atoms with Gasteiger partial charge in [-0.1, -0.05) is 24.3 Å². The standard InChI is InChI=1S/C23H30N6O2/c1-19-5-2-3-6-20(19)17-21(30)27-11-9-26(10-12-27)18-22(31)28-13-15-29(16-14-28)23-24-7-4-8-25-23/h2-8H,9-18H2,1H3. The van der Waals surface area contributed by atoms with Gasteiger partial charge in [-0.05, 0) is 24.1 Å². The third-order valence-electron chi connectivity index (χ3n) is 6.15. The Morgan fingerprint density at radius 1 is 0.806 bits per heavy atom. The predicted octanol–water partition coefficient (Wildman–Crippen LogP) is 0.821. The lowest BCUT2D eigenvalue weighted by molar-refractivity contribution is -0.135. The van der Waals surface area contributed by atoms with Crippen LogP contribution in [-0.2, 0) is 16.0 Å². The molecule has 0 spiro atoms. The van der Waals surface area contributed by atoms with Crippen LogP contribution in [0, 0.1) is 6.92 Å².